The highest BCUT2D eigenvalue weighted by Gasteiger charge is 2.38. The van der Waals surface area contributed by atoms with E-state index >= 15 is 0 Å². The van der Waals surface area contributed by atoms with Crippen molar-refractivity contribution >= 4 is 61.0 Å². The summed E-state index contributed by atoms with van der Waals surface area (Å²) in [7, 11) is 0. The zero-order valence-corrected chi connectivity index (χ0v) is 35.6. The molecule has 4 heteroatoms. The van der Waals surface area contributed by atoms with Gasteiger partial charge >= 0.3 is 0 Å². The fourth-order valence-corrected chi connectivity index (χ4v) is 9.51. The van der Waals surface area contributed by atoms with Crippen molar-refractivity contribution in [2.24, 2.45) is 9.98 Å². The Kier molecular flexibility index (Phi) is 9.14. The minimum atomic E-state index is 0.0759. The van der Waals surface area contributed by atoms with Crippen molar-refractivity contribution in [2.45, 2.75) is 58.3 Å². The van der Waals surface area contributed by atoms with E-state index < -0.39 is 0 Å². The fourth-order valence-electron chi connectivity index (χ4n) is 9.51. The van der Waals surface area contributed by atoms with Crippen molar-refractivity contribution in [2.75, 3.05) is 0 Å². The summed E-state index contributed by atoms with van der Waals surface area (Å²) in [5, 5.41) is 4.50. The monoisotopic (exact) mass is 791 g/mol. The van der Waals surface area contributed by atoms with Gasteiger partial charge in [-0.1, -0.05) is 156 Å². The number of aromatic nitrogens is 1. The average Bonchev–Trinajstić information content (AvgIpc) is 3.82. The number of fused-ring (bicyclic) bond motifs is 7. The highest BCUT2D eigenvalue weighted by Crippen LogP contribution is 2.48. The van der Waals surface area contributed by atoms with Crippen LogP contribution in [0, 0.1) is 0 Å². The number of para-hydroxylation sites is 2. The smallest absolute Gasteiger partial charge is 0.161 e. The molecule has 7 aromatic carbocycles. The van der Waals surface area contributed by atoms with Gasteiger partial charge in [-0.2, -0.15) is 0 Å². The lowest BCUT2D eigenvalue weighted by molar-refractivity contribution is 0.332. The number of benzene rings is 7. The Labute approximate surface area is 357 Å². The molecule has 0 saturated carbocycles. The molecule has 0 spiro atoms. The molecule has 0 N–H and O–H groups in total. The lowest BCUT2D eigenvalue weighted by atomic mass is 9.63. The SMILES string of the molecule is C=C(C)/C(=N\C(=N/C(=C)c1ccccc1-c1ccccc1)c1cccc2oc3ccccc3c12)c1cccc(-n2c3ccccc3c3cc4c(cc32)C(C)(C)CCC4(C)C)c1. The fraction of sp³-hybridized carbons (Fsp3) is 0.158. The zero-order valence-electron chi connectivity index (χ0n) is 35.6. The normalized spacial score (nSPS) is 15.1. The van der Waals surface area contributed by atoms with Crippen LogP contribution in [0.15, 0.2) is 191 Å². The number of allylic oxidation sites excluding steroid dienone is 1. The number of hydrogen-bond donors (Lipinski definition) is 0. The molecule has 1 aliphatic carbocycles. The van der Waals surface area contributed by atoms with Gasteiger partial charge in [0.1, 0.15) is 11.2 Å². The molecule has 4 nitrogen and oxygen atoms in total. The summed E-state index contributed by atoms with van der Waals surface area (Å²) in [5.74, 6) is 0.529. The summed E-state index contributed by atoms with van der Waals surface area (Å²) >= 11 is 0. The van der Waals surface area contributed by atoms with E-state index in [1.807, 2.05) is 49.4 Å². The van der Waals surface area contributed by atoms with Crippen molar-refractivity contribution in [3.63, 3.8) is 0 Å². The van der Waals surface area contributed by atoms with Gasteiger partial charge in [0.15, 0.2) is 5.84 Å². The van der Waals surface area contributed by atoms with E-state index in [2.05, 4.69) is 161 Å². The molecule has 10 rings (SSSR count). The summed E-state index contributed by atoms with van der Waals surface area (Å²) in [6, 6.07) is 55.4. The second-order valence-electron chi connectivity index (χ2n) is 17.9. The number of aliphatic imine (C=N–C) groups is 2. The minimum Gasteiger partial charge on any atom is -0.456 e. The molecule has 0 saturated heterocycles. The predicted molar refractivity (Wildman–Crippen MR) is 259 cm³/mol. The van der Waals surface area contributed by atoms with Gasteiger partial charge < -0.3 is 8.98 Å². The van der Waals surface area contributed by atoms with Crippen LogP contribution in [0.3, 0.4) is 0 Å². The summed E-state index contributed by atoms with van der Waals surface area (Å²) in [6.07, 6.45) is 2.33. The van der Waals surface area contributed by atoms with Gasteiger partial charge in [0, 0.05) is 43.9 Å². The molecule has 0 unspecified atom stereocenters. The molecule has 61 heavy (non-hydrogen) atoms. The van der Waals surface area contributed by atoms with Crippen molar-refractivity contribution in [3.8, 4) is 16.8 Å². The van der Waals surface area contributed by atoms with Crippen LogP contribution in [-0.4, -0.2) is 16.1 Å². The van der Waals surface area contributed by atoms with Crippen molar-refractivity contribution in [3.05, 3.63) is 204 Å². The van der Waals surface area contributed by atoms with Crippen LogP contribution in [0.2, 0.25) is 0 Å². The second kappa shape index (κ2) is 14.6. The van der Waals surface area contributed by atoms with E-state index in [0.717, 1.165) is 73.1 Å². The van der Waals surface area contributed by atoms with Gasteiger partial charge in [0.05, 0.1) is 22.4 Å². The summed E-state index contributed by atoms with van der Waals surface area (Å²) in [6.45, 7) is 20.7. The lowest BCUT2D eigenvalue weighted by Gasteiger charge is -2.42. The Morgan fingerprint density at radius 1 is 0.574 bits per heavy atom. The Bertz CT molecular complexity index is 3290. The first-order valence-corrected chi connectivity index (χ1v) is 21.3. The van der Waals surface area contributed by atoms with E-state index in [1.165, 1.54) is 39.4 Å². The molecule has 0 atom stereocenters. The van der Waals surface area contributed by atoms with Gasteiger partial charge in [-0.25, -0.2) is 9.98 Å². The number of hydrogen-bond acceptors (Lipinski definition) is 2. The van der Waals surface area contributed by atoms with Crippen molar-refractivity contribution in [1.29, 1.82) is 0 Å². The van der Waals surface area contributed by atoms with Gasteiger partial charge in [0.25, 0.3) is 0 Å². The van der Waals surface area contributed by atoms with Crippen LogP contribution in [0.5, 0.6) is 0 Å². The van der Waals surface area contributed by atoms with Crippen molar-refractivity contribution < 1.29 is 4.42 Å². The molecule has 1 aliphatic rings. The highest BCUT2D eigenvalue weighted by atomic mass is 16.3. The van der Waals surface area contributed by atoms with Gasteiger partial charge in [-0.05, 0) is 101 Å². The van der Waals surface area contributed by atoms with E-state index in [0.29, 0.717) is 11.5 Å². The lowest BCUT2D eigenvalue weighted by Crippen LogP contribution is -2.33. The molecular formula is C57H49N3O. The molecule has 9 aromatic rings. The molecule has 0 bridgehead atoms. The maximum atomic E-state index is 6.39. The number of amidine groups is 1. The summed E-state index contributed by atoms with van der Waals surface area (Å²) in [4.78, 5) is 10.9. The third-order valence-electron chi connectivity index (χ3n) is 12.9. The molecule has 2 aromatic heterocycles. The Hall–Kier alpha value is -7.04. The highest BCUT2D eigenvalue weighted by molar-refractivity contribution is 6.25. The number of furan rings is 1. The van der Waals surface area contributed by atoms with E-state index in [-0.39, 0.29) is 10.8 Å². The van der Waals surface area contributed by atoms with Gasteiger partial charge in [0.2, 0.25) is 0 Å². The van der Waals surface area contributed by atoms with E-state index in [4.69, 9.17) is 14.4 Å². The molecule has 0 fully saturated rings. The van der Waals surface area contributed by atoms with E-state index in [9.17, 15) is 0 Å². The van der Waals surface area contributed by atoms with Crippen LogP contribution in [0.25, 0.3) is 66.3 Å². The molecule has 0 aliphatic heterocycles. The minimum absolute atomic E-state index is 0.0759. The standard InChI is InChI=1S/C57H49N3O/c1-36(2)54(39-21-17-22-40(33-39)60-49-28-15-13-25-43(49)46-34-47-48(35-50(46)60)57(6,7)32-31-56(47,4)5)59-55(45-27-18-30-52-53(45)44-26-14-16-29-51(44)61-52)58-37(3)41-23-11-12-24-42(41)38-19-9-8-10-20-38/h8-30,33-35H,1,3,31-32H2,2,4-7H3/b58-55-,59-54+. The summed E-state index contributed by atoms with van der Waals surface area (Å²) < 4.78 is 8.82. The molecule has 0 amide bonds. The van der Waals surface area contributed by atoms with E-state index in [1.54, 1.807) is 0 Å². The molecular weight excluding hydrogens is 743 g/mol. The van der Waals surface area contributed by atoms with Gasteiger partial charge in [-0.3, -0.25) is 0 Å². The Balaban J connectivity index is 1.18. The Morgan fingerprint density at radius 2 is 1.21 bits per heavy atom. The van der Waals surface area contributed by atoms with Crippen LogP contribution in [0.4, 0.5) is 0 Å². The number of rotatable bonds is 7. The van der Waals surface area contributed by atoms with Crippen molar-refractivity contribution in [1.82, 2.24) is 4.57 Å². The van der Waals surface area contributed by atoms with Crippen LogP contribution in [-0.2, 0) is 10.8 Å². The third-order valence-corrected chi connectivity index (χ3v) is 12.9. The topological polar surface area (TPSA) is 42.8 Å². The quantitative estimate of drug-likeness (QED) is 0.117. The first-order chi connectivity index (χ1) is 29.5. The van der Waals surface area contributed by atoms with Crippen LogP contribution >= 0.6 is 0 Å². The molecule has 298 valence electrons. The van der Waals surface area contributed by atoms with Gasteiger partial charge in [-0.15, -0.1) is 0 Å². The molecule has 2 heterocycles. The first-order valence-electron chi connectivity index (χ1n) is 21.3. The summed E-state index contributed by atoms with van der Waals surface area (Å²) in [5.41, 5.74) is 15.2. The zero-order chi connectivity index (χ0) is 42.0. The predicted octanol–water partition coefficient (Wildman–Crippen LogP) is 15.2. The molecule has 0 radical (unpaired) electrons. The van der Waals surface area contributed by atoms with Crippen LogP contribution < -0.4 is 0 Å². The van der Waals surface area contributed by atoms with Crippen LogP contribution in [0.1, 0.15) is 75.3 Å². The maximum Gasteiger partial charge on any atom is 0.161 e. The first kappa shape index (κ1) is 38.2. The average molecular weight is 792 g/mol. The third kappa shape index (κ3) is 6.55. The Morgan fingerprint density at radius 3 is 2.00 bits per heavy atom. The maximum absolute atomic E-state index is 6.39. The second-order valence-corrected chi connectivity index (χ2v) is 17.9. The number of nitrogens with zero attached hydrogens (tertiary/aromatic N) is 3. The largest absolute Gasteiger partial charge is 0.456 e.